The van der Waals surface area contributed by atoms with Gasteiger partial charge in [0.15, 0.2) is 0 Å². The molecule has 0 saturated carbocycles. The first-order valence-corrected chi connectivity index (χ1v) is 9.38. The molecule has 1 atom stereocenters. The van der Waals surface area contributed by atoms with Crippen molar-refractivity contribution in [3.05, 3.63) is 66.3 Å². The van der Waals surface area contributed by atoms with Gasteiger partial charge in [-0.25, -0.2) is 0 Å². The average Bonchev–Trinajstić information content (AvgIpc) is 3.07. The molecule has 1 unspecified atom stereocenters. The van der Waals surface area contributed by atoms with E-state index in [1.54, 1.807) is 12.4 Å². The van der Waals surface area contributed by atoms with Gasteiger partial charge < -0.3 is 9.42 Å². The van der Waals surface area contributed by atoms with Crippen LogP contribution in [0.25, 0.3) is 11.4 Å². The van der Waals surface area contributed by atoms with Gasteiger partial charge in [-0.15, -0.1) is 0 Å². The van der Waals surface area contributed by atoms with Gasteiger partial charge in [0.1, 0.15) is 6.04 Å². The van der Waals surface area contributed by atoms with Gasteiger partial charge in [-0.05, 0) is 30.5 Å². The zero-order valence-corrected chi connectivity index (χ0v) is 15.1. The maximum atomic E-state index is 13.0. The Kier molecular flexibility index (Phi) is 5.23. The number of rotatable bonds is 4. The summed E-state index contributed by atoms with van der Waals surface area (Å²) in [7, 11) is 0. The third-order valence-electron chi connectivity index (χ3n) is 4.94. The standard InChI is InChI=1S/C21H22N4O2/c26-19(15-16-7-3-1-4-8-16)25-14-6-2-5-9-18(25)21-23-20(24-27-21)17-10-12-22-13-11-17/h1,3-4,7-8,10-13,18H,2,5-6,9,14-15H2. The number of likely N-dealkylation sites (tertiary alicyclic amines) is 1. The Bertz CT molecular complexity index is 879. The summed E-state index contributed by atoms with van der Waals surface area (Å²) in [6.45, 7) is 0.725. The van der Waals surface area contributed by atoms with Crippen LogP contribution < -0.4 is 0 Å². The molecule has 27 heavy (non-hydrogen) atoms. The van der Waals surface area contributed by atoms with Crippen molar-refractivity contribution < 1.29 is 9.32 Å². The van der Waals surface area contributed by atoms with E-state index in [2.05, 4.69) is 15.1 Å². The second-order valence-corrected chi connectivity index (χ2v) is 6.81. The van der Waals surface area contributed by atoms with E-state index in [-0.39, 0.29) is 11.9 Å². The zero-order valence-electron chi connectivity index (χ0n) is 15.1. The highest BCUT2D eigenvalue weighted by Crippen LogP contribution is 2.31. The lowest BCUT2D eigenvalue weighted by Crippen LogP contribution is -2.36. The first-order valence-electron chi connectivity index (χ1n) is 9.38. The summed E-state index contributed by atoms with van der Waals surface area (Å²) in [4.78, 5) is 23.5. The third kappa shape index (κ3) is 4.05. The number of carbonyl (C=O) groups excluding carboxylic acids is 1. The molecule has 1 amide bonds. The number of nitrogens with zero attached hydrogens (tertiary/aromatic N) is 4. The quantitative estimate of drug-likeness (QED) is 0.705. The molecule has 0 aliphatic carbocycles. The molecule has 0 radical (unpaired) electrons. The minimum atomic E-state index is -0.160. The van der Waals surface area contributed by atoms with Crippen LogP contribution in [0, 0.1) is 0 Å². The molecule has 1 aliphatic rings. The highest BCUT2D eigenvalue weighted by molar-refractivity contribution is 5.79. The SMILES string of the molecule is O=C(Cc1ccccc1)N1CCCCCC1c1nc(-c2ccncc2)no1. The van der Waals surface area contributed by atoms with E-state index in [0.717, 1.165) is 43.4 Å². The molecule has 2 aromatic heterocycles. The predicted octanol–water partition coefficient (Wildman–Crippen LogP) is 3.82. The summed E-state index contributed by atoms with van der Waals surface area (Å²) in [6, 6.07) is 13.4. The molecule has 4 rings (SSSR count). The number of hydrogen-bond acceptors (Lipinski definition) is 5. The molecule has 1 saturated heterocycles. The van der Waals surface area contributed by atoms with E-state index in [1.807, 2.05) is 47.4 Å². The van der Waals surface area contributed by atoms with E-state index < -0.39 is 0 Å². The van der Waals surface area contributed by atoms with Gasteiger partial charge in [-0.1, -0.05) is 48.3 Å². The van der Waals surface area contributed by atoms with Crippen LogP contribution in [0.15, 0.2) is 59.4 Å². The summed E-state index contributed by atoms with van der Waals surface area (Å²) in [5, 5.41) is 4.12. The molecule has 138 valence electrons. The Hall–Kier alpha value is -3.02. The molecular weight excluding hydrogens is 340 g/mol. The van der Waals surface area contributed by atoms with Gasteiger partial charge in [-0.2, -0.15) is 4.98 Å². The maximum absolute atomic E-state index is 13.0. The number of pyridine rings is 1. The Morgan fingerprint density at radius 2 is 1.89 bits per heavy atom. The lowest BCUT2D eigenvalue weighted by atomic mass is 10.1. The van der Waals surface area contributed by atoms with Crippen LogP contribution >= 0.6 is 0 Å². The molecule has 1 aliphatic heterocycles. The van der Waals surface area contributed by atoms with Gasteiger partial charge in [0.25, 0.3) is 0 Å². The van der Waals surface area contributed by atoms with Crippen molar-refractivity contribution in [1.29, 1.82) is 0 Å². The Balaban J connectivity index is 1.57. The van der Waals surface area contributed by atoms with Crippen molar-refractivity contribution in [1.82, 2.24) is 20.0 Å². The van der Waals surface area contributed by atoms with Crippen molar-refractivity contribution in [3.63, 3.8) is 0 Å². The van der Waals surface area contributed by atoms with Crippen molar-refractivity contribution in [2.45, 2.75) is 38.1 Å². The summed E-state index contributed by atoms with van der Waals surface area (Å²) >= 11 is 0. The van der Waals surface area contributed by atoms with Gasteiger partial charge in [0.2, 0.25) is 17.6 Å². The molecule has 3 aromatic rings. The fraction of sp³-hybridized carbons (Fsp3) is 0.333. The first kappa shape index (κ1) is 17.4. The zero-order chi connectivity index (χ0) is 18.5. The molecule has 6 heteroatoms. The van der Waals surface area contributed by atoms with E-state index >= 15 is 0 Å². The minimum Gasteiger partial charge on any atom is -0.337 e. The van der Waals surface area contributed by atoms with Crippen LogP contribution in [0.4, 0.5) is 0 Å². The molecule has 0 N–H and O–H groups in total. The molecule has 0 spiro atoms. The average molecular weight is 362 g/mol. The first-order chi connectivity index (χ1) is 13.3. The highest BCUT2D eigenvalue weighted by atomic mass is 16.5. The van der Waals surface area contributed by atoms with Crippen LogP contribution in [0.3, 0.4) is 0 Å². The number of aromatic nitrogens is 3. The van der Waals surface area contributed by atoms with Crippen molar-refractivity contribution in [2.75, 3.05) is 6.54 Å². The minimum absolute atomic E-state index is 0.108. The number of benzene rings is 1. The molecule has 1 aromatic carbocycles. The maximum Gasteiger partial charge on any atom is 0.249 e. The van der Waals surface area contributed by atoms with Crippen molar-refractivity contribution in [2.24, 2.45) is 0 Å². The van der Waals surface area contributed by atoms with Gasteiger partial charge in [0.05, 0.1) is 6.42 Å². The third-order valence-corrected chi connectivity index (χ3v) is 4.94. The van der Waals surface area contributed by atoms with E-state index in [4.69, 9.17) is 4.52 Å². The summed E-state index contributed by atoms with van der Waals surface area (Å²) in [5.41, 5.74) is 1.88. The van der Waals surface area contributed by atoms with Gasteiger partial charge >= 0.3 is 0 Å². The number of hydrogen-bond donors (Lipinski definition) is 0. The van der Waals surface area contributed by atoms with Crippen LogP contribution in [0.2, 0.25) is 0 Å². The van der Waals surface area contributed by atoms with Gasteiger partial charge in [0, 0.05) is 24.5 Å². The van der Waals surface area contributed by atoms with E-state index in [0.29, 0.717) is 18.1 Å². The molecule has 3 heterocycles. The van der Waals surface area contributed by atoms with Crippen LogP contribution in [-0.2, 0) is 11.2 Å². The summed E-state index contributed by atoms with van der Waals surface area (Å²) in [5.74, 6) is 1.16. The van der Waals surface area contributed by atoms with E-state index in [9.17, 15) is 4.79 Å². The monoisotopic (exact) mass is 362 g/mol. The molecule has 1 fully saturated rings. The number of carbonyl (C=O) groups is 1. The second-order valence-electron chi connectivity index (χ2n) is 6.81. The lowest BCUT2D eigenvalue weighted by molar-refractivity contribution is -0.133. The summed E-state index contributed by atoms with van der Waals surface area (Å²) < 4.78 is 5.57. The normalized spacial score (nSPS) is 17.5. The predicted molar refractivity (Wildman–Crippen MR) is 101 cm³/mol. The van der Waals surface area contributed by atoms with E-state index in [1.165, 1.54) is 0 Å². The number of amides is 1. The van der Waals surface area contributed by atoms with Crippen LogP contribution in [-0.4, -0.2) is 32.5 Å². The fourth-order valence-corrected chi connectivity index (χ4v) is 3.52. The van der Waals surface area contributed by atoms with Gasteiger partial charge in [-0.3, -0.25) is 9.78 Å². The summed E-state index contributed by atoms with van der Waals surface area (Å²) in [6.07, 6.45) is 7.80. The lowest BCUT2D eigenvalue weighted by Gasteiger charge is -2.27. The highest BCUT2D eigenvalue weighted by Gasteiger charge is 2.31. The van der Waals surface area contributed by atoms with Crippen LogP contribution in [0.1, 0.15) is 43.2 Å². The van der Waals surface area contributed by atoms with Crippen LogP contribution in [0.5, 0.6) is 0 Å². The largest absolute Gasteiger partial charge is 0.337 e. The fourth-order valence-electron chi connectivity index (χ4n) is 3.52. The smallest absolute Gasteiger partial charge is 0.249 e. The van der Waals surface area contributed by atoms with Crippen molar-refractivity contribution >= 4 is 5.91 Å². The topological polar surface area (TPSA) is 72.1 Å². The molecule has 0 bridgehead atoms. The molecule has 6 nitrogen and oxygen atoms in total. The Morgan fingerprint density at radius 1 is 1.07 bits per heavy atom. The molecular formula is C21H22N4O2. The second kappa shape index (κ2) is 8.12. The van der Waals surface area contributed by atoms with Crippen molar-refractivity contribution in [3.8, 4) is 11.4 Å². The Morgan fingerprint density at radius 3 is 2.70 bits per heavy atom. The Labute approximate surface area is 158 Å².